The van der Waals surface area contributed by atoms with E-state index in [0.29, 0.717) is 28.5 Å². The molecule has 0 fully saturated rings. The lowest BCUT2D eigenvalue weighted by molar-refractivity contribution is -0.137. The number of carbonyl (C=O) groups is 1. The van der Waals surface area contributed by atoms with Gasteiger partial charge in [0.25, 0.3) is 0 Å². The van der Waals surface area contributed by atoms with Crippen LogP contribution in [0.1, 0.15) is 6.92 Å². The molecule has 10 heteroatoms. The first-order valence-electron chi connectivity index (χ1n) is 9.67. The number of methoxy groups -OCH3 is 2. The summed E-state index contributed by atoms with van der Waals surface area (Å²) in [4.78, 5) is 19.8. The fourth-order valence-electron chi connectivity index (χ4n) is 2.84. The van der Waals surface area contributed by atoms with Crippen molar-refractivity contribution in [2.45, 2.75) is 13.0 Å². The highest BCUT2D eigenvalue weighted by molar-refractivity contribution is 5.84. The lowest BCUT2D eigenvalue weighted by Crippen LogP contribution is -2.22. The number of nitrogens with one attached hydrogen (secondary N) is 2. The summed E-state index contributed by atoms with van der Waals surface area (Å²) in [6, 6.07) is 4.99. The first kappa shape index (κ1) is 22.8. The van der Waals surface area contributed by atoms with E-state index >= 15 is 0 Å². The Balaban J connectivity index is 1.80. The van der Waals surface area contributed by atoms with E-state index in [2.05, 4.69) is 20.6 Å². The third-order valence-corrected chi connectivity index (χ3v) is 4.36. The minimum atomic E-state index is -1.14. The van der Waals surface area contributed by atoms with E-state index in [-0.39, 0.29) is 18.4 Å². The van der Waals surface area contributed by atoms with E-state index in [1.54, 1.807) is 43.4 Å². The molecule has 0 aliphatic heterocycles. The average Bonchev–Trinajstić information content (AvgIpc) is 2.78. The fourth-order valence-corrected chi connectivity index (χ4v) is 2.84. The van der Waals surface area contributed by atoms with Crippen LogP contribution < -0.4 is 20.1 Å². The quantitative estimate of drug-likeness (QED) is 0.419. The van der Waals surface area contributed by atoms with Crippen LogP contribution in [0.2, 0.25) is 0 Å². The van der Waals surface area contributed by atoms with Gasteiger partial charge in [-0.15, -0.1) is 0 Å². The van der Waals surface area contributed by atoms with Crippen LogP contribution in [0.15, 0.2) is 60.0 Å². The zero-order chi connectivity index (χ0) is 23.1. The molecule has 2 aromatic rings. The van der Waals surface area contributed by atoms with E-state index in [1.807, 2.05) is 0 Å². The average molecular weight is 442 g/mol. The zero-order valence-corrected chi connectivity index (χ0v) is 17.8. The Hall–Kier alpha value is -3.92. The molecule has 1 aliphatic rings. The van der Waals surface area contributed by atoms with Crippen LogP contribution in [-0.2, 0) is 9.53 Å². The number of hydrogen-bond donors (Lipinski definition) is 3. The molecule has 168 valence electrons. The van der Waals surface area contributed by atoms with Crippen molar-refractivity contribution in [3.8, 4) is 11.5 Å². The van der Waals surface area contributed by atoms with Crippen molar-refractivity contribution >= 4 is 23.4 Å². The summed E-state index contributed by atoms with van der Waals surface area (Å²) in [5, 5.41) is 16.3. The highest BCUT2D eigenvalue weighted by Gasteiger charge is 2.20. The Morgan fingerprint density at radius 3 is 2.59 bits per heavy atom. The van der Waals surface area contributed by atoms with Crippen molar-refractivity contribution in [1.29, 1.82) is 0 Å². The molecule has 0 amide bonds. The number of allylic oxidation sites excluding steroid dienone is 2. The van der Waals surface area contributed by atoms with Crippen molar-refractivity contribution < 1.29 is 28.5 Å². The molecule has 3 N–H and O–H groups in total. The van der Waals surface area contributed by atoms with Crippen LogP contribution in [0.25, 0.3) is 0 Å². The lowest BCUT2D eigenvalue weighted by atomic mass is 10.0. The van der Waals surface area contributed by atoms with Crippen LogP contribution >= 0.6 is 0 Å². The molecule has 0 spiro atoms. The predicted molar refractivity (Wildman–Crippen MR) is 116 cm³/mol. The minimum Gasteiger partial charge on any atom is -0.497 e. The second-order valence-corrected chi connectivity index (χ2v) is 6.52. The van der Waals surface area contributed by atoms with Crippen molar-refractivity contribution in [3.63, 3.8) is 0 Å². The molecule has 32 heavy (non-hydrogen) atoms. The summed E-state index contributed by atoms with van der Waals surface area (Å²) in [7, 11) is 3.02. The molecule has 0 saturated heterocycles. The van der Waals surface area contributed by atoms with Gasteiger partial charge < -0.3 is 30.0 Å². The number of halogens is 1. The summed E-state index contributed by atoms with van der Waals surface area (Å²) < 4.78 is 29.6. The number of benzene rings is 1. The number of esters is 1. The van der Waals surface area contributed by atoms with Crippen LogP contribution in [-0.4, -0.2) is 48.0 Å². The number of rotatable bonds is 8. The van der Waals surface area contributed by atoms with Crippen LogP contribution in [0.4, 0.5) is 21.8 Å². The van der Waals surface area contributed by atoms with Gasteiger partial charge in [-0.05, 0) is 18.6 Å². The molecule has 0 bridgehead atoms. The third kappa shape index (κ3) is 5.61. The maximum atomic E-state index is 14.3. The number of aliphatic hydroxyl groups excluding tert-OH is 1. The maximum Gasteiger partial charge on any atom is 0.331 e. The summed E-state index contributed by atoms with van der Waals surface area (Å²) in [6.45, 7) is 1.91. The molecule has 3 rings (SSSR count). The molecular weight excluding hydrogens is 419 g/mol. The SMILES string of the molecule is CCOC(=O)C=C1C=CC=C(Nc2ncc(F)c(Nc3cc(OC)cc(OC)c3)n2)C1O. The summed E-state index contributed by atoms with van der Waals surface area (Å²) in [5.74, 6) is -0.268. The second-order valence-electron chi connectivity index (χ2n) is 6.52. The van der Waals surface area contributed by atoms with Gasteiger partial charge >= 0.3 is 5.97 Å². The van der Waals surface area contributed by atoms with Crippen molar-refractivity contribution in [3.05, 3.63) is 65.8 Å². The van der Waals surface area contributed by atoms with Gasteiger partial charge in [0.2, 0.25) is 5.95 Å². The van der Waals surface area contributed by atoms with Gasteiger partial charge in [-0.1, -0.05) is 12.2 Å². The minimum absolute atomic E-state index is 0.0415. The molecule has 1 aliphatic carbocycles. The Morgan fingerprint density at radius 1 is 1.22 bits per heavy atom. The highest BCUT2D eigenvalue weighted by Crippen LogP contribution is 2.29. The van der Waals surface area contributed by atoms with Crippen LogP contribution in [0.5, 0.6) is 11.5 Å². The predicted octanol–water partition coefficient (Wildman–Crippen LogP) is 3.09. The van der Waals surface area contributed by atoms with Crippen LogP contribution in [0, 0.1) is 5.82 Å². The smallest absolute Gasteiger partial charge is 0.331 e. The number of hydrogen-bond acceptors (Lipinski definition) is 9. The number of anilines is 3. The van der Waals surface area contributed by atoms with Crippen LogP contribution in [0.3, 0.4) is 0 Å². The number of aliphatic hydroxyl groups is 1. The molecule has 1 atom stereocenters. The normalized spacial score (nSPS) is 16.3. The van der Waals surface area contributed by atoms with Crippen molar-refractivity contribution in [2.24, 2.45) is 0 Å². The van der Waals surface area contributed by atoms with Gasteiger partial charge in [0.05, 0.1) is 32.7 Å². The topological polar surface area (TPSA) is 115 Å². The number of ether oxygens (including phenoxy) is 3. The van der Waals surface area contributed by atoms with Gasteiger partial charge in [0.15, 0.2) is 11.6 Å². The number of aromatic nitrogens is 2. The van der Waals surface area contributed by atoms with E-state index < -0.39 is 17.9 Å². The molecule has 1 unspecified atom stereocenters. The van der Waals surface area contributed by atoms with E-state index in [0.717, 1.165) is 6.20 Å². The fraction of sp³-hybridized carbons (Fsp3) is 0.227. The molecule has 0 saturated carbocycles. The molecule has 1 heterocycles. The van der Waals surface area contributed by atoms with E-state index in [1.165, 1.54) is 20.3 Å². The highest BCUT2D eigenvalue weighted by atomic mass is 19.1. The van der Waals surface area contributed by atoms with Gasteiger partial charge in [-0.25, -0.2) is 14.2 Å². The van der Waals surface area contributed by atoms with Gasteiger partial charge in [-0.2, -0.15) is 4.98 Å². The largest absolute Gasteiger partial charge is 0.497 e. The Kier molecular flexibility index (Phi) is 7.40. The van der Waals surface area contributed by atoms with E-state index in [9.17, 15) is 14.3 Å². The molecule has 0 radical (unpaired) electrons. The van der Waals surface area contributed by atoms with Gasteiger partial charge in [0, 0.05) is 30.0 Å². The van der Waals surface area contributed by atoms with Gasteiger partial charge in [0.1, 0.15) is 17.6 Å². The second kappa shape index (κ2) is 10.4. The molecule has 9 nitrogen and oxygen atoms in total. The van der Waals surface area contributed by atoms with Gasteiger partial charge in [-0.3, -0.25) is 0 Å². The first-order valence-corrected chi connectivity index (χ1v) is 9.67. The van der Waals surface area contributed by atoms with Crippen molar-refractivity contribution in [2.75, 3.05) is 31.5 Å². The summed E-state index contributed by atoms with van der Waals surface area (Å²) in [6.07, 6.45) is 5.88. The molecular formula is C22H23FN4O5. The Labute approximate surface area is 184 Å². The Morgan fingerprint density at radius 2 is 1.94 bits per heavy atom. The standard InChI is InChI=1S/C22H23FN4O5/c1-4-32-19(28)8-13-6-5-7-18(20(13)29)26-22-24-12-17(23)21(27-22)25-14-9-15(30-2)11-16(10-14)31-3/h5-12,20,29H,4H2,1-3H3,(H2,24,25,26,27). The lowest BCUT2D eigenvalue weighted by Gasteiger charge is -2.20. The zero-order valence-electron chi connectivity index (χ0n) is 17.8. The number of nitrogens with zero attached hydrogens (tertiary/aromatic N) is 2. The maximum absolute atomic E-state index is 14.3. The van der Waals surface area contributed by atoms with E-state index in [4.69, 9.17) is 14.2 Å². The summed E-state index contributed by atoms with van der Waals surface area (Å²) in [5.41, 5.74) is 1.13. The molecule has 1 aromatic carbocycles. The Bertz CT molecular complexity index is 1060. The summed E-state index contributed by atoms with van der Waals surface area (Å²) >= 11 is 0. The third-order valence-electron chi connectivity index (χ3n) is 4.36. The van der Waals surface area contributed by atoms with Crippen molar-refractivity contribution in [1.82, 2.24) is 9.97 Å². The monoisotopic (exact) mass is 442 g/mol. The molecule has 1 aromatic heterocycles. The number of carbonyl (C=O) groups excluding carboxylic acids is 1. The first-order chi connectivity index (χ1) is 15.4.